The zero-order valence-corrected chi connectivity index (χ0v) is 20.8. The Labute approximate surface area is 206 Å². The maximum absolute atomic E-state index is 11.4. The maximum Gasteiger partial charge on any atom is 0.305 e. The average Bonchev–Trinajstić information content (AvgIpc) is 3.06. The van der Waals surface area contributed by atoms with Crippen molar-refractivity contribution in [2.24, 2.45) is 22.4 Å². The van der Waals surface area contributed by atoms with Gasteiger partial charge in [-0.2, -0.15) is 0 Å². The van der Waals surface area contributed by atoms with Crippen molar-refractivity contribution in [3.05, 3.63) is 29.3 Å². The molecule has 0 saturated heterocycles. The zero-order chi connectivity index (χ0) is 25.3. The van der Waals surface area contributed by atoms with Gasteiger partial charge in [-0.3, -0.25) is 10.1 Å². The van der Waals surface area contributed by atoms with Crippen molar-refractivity contribution in [3.8, 4) is 5.75 Å². The molecule has 9 nitrogen and oxygen atoms in total. The van der Waals surface area contributed by atoms with Crippen LogP contribution in [0.2, 0.25) is 0 Å². The topological polar surface area (TPSA) is 144 Å². The van der Waals surface area contributed by atoms with E-state index >= 15 is 0 Å². The number of carboxylic acid groups (broad SMARTS) is 1. The van der Waals surface area contributed by atoms with Crippen LogP contribution in [0.15, 0.2) is 23.4 Å². The maximum atomic E-state index is 11.4. The van der Waals surface area contributed by atoms with Crippen LogP contribution < -0.4 is 15.4 Å². The molecular weight excluding hydrogens is 450 g/mol. The summed E-state index contributed by atoms with van der Waals surface area (Å²) < 4.78 is 6.24. The molecule has 194 valence electrons. The third-order valence-electron chi connectivity index (χ3n) is 8.59. The van der Waals surface area contributed by atoms with Gasteiger partial charge in [0.1, 0.15) is 5.75 Å². The molecule has 8 atom stereocenters. The number of likely N-dealkylation sites (N-methyl/N-ethyl adjacent to an activating group) is 2. The van der Waals surface area contributed by atoms with E-state index < -0.39 is 30.4 Å². The van der Waals surface area contributed by atoms with Gasteiger partial charge in [0, 0.05) is 5.56 Å². The number of nitrogens with one attached hydrogen (secondary N) is 2. The van der Waals surface area contributed by atoms with E-state index in [1.165, 1.54) is 0 Å². The SMILES string of the molecule is CCNC(CC(=O)O)C(NCC)Oc1ccc2c(c1)C(=NO)C[C@@H]1[C@@H]2CC[C@]2(C)[C@@H](O)[C@H](O)C[C@@H]12. The van der Waals surface area contributed by atoms with Gasteiger partial charge < -0.3 is 30.6 Å². The third-order valence-corrected chi connectivity index (χ3v) is 8.59. The molecule has 3 aliphatic rings. The molecule has 0 aromatic heterocycles. The molecule has 35 heavy (non-hydrogen) atoms. The first-order valence-corrected chi connectivity index (χ1v) is 12.8. The number of aliphatic hydroxyl groups excluding tert-OH is 2. The first kappa shape index (κ1) is 25.9. The number of benzene rings is 1. The van der Waals surface area contributed by atoms with Gasteiger partial charge in [0.05, 0.1) is 30.4 Å². The van der Waals surface area contributed by atoms with Gasteiger partial charge in [0.2, 0.25) is 0 Å². The van der Waals surface area contributed by atoms with Crippen molar-refractivity contribution in [2.75, 3.05) is 13.1 Å². The summed E-state index contributed by atoms with van der Waals surface area (Å²) in [6.07, 6.45) is 0.809. The lowest BCUT2D eigenvalue weighted by Crippen LogP contribution is -2.52. The summed E-state index contributed by atoms with van der Waals surface area (Å²) in [5.74, 6) is 0.275. The van der Waals surface area contributed by atoms with Crippen LogP contribution in [0, 0.1) is 17.3 Å². The van der Waals surface area contributed by atoms with Gasteiger partial charge in [0.25, 0.3) is 0 Å². The van der Waals surface area contributed by atoms with E-state index in [-0.39, 0.29) is 29.6 Å². The molecule has 0 radical (unpaired) electrons. The monoisotopic (exact) mass is 489 g/mol. The van der Waals surface area contributed by atoms with Gasteiger partial charge in [-0.1, -0.05) is 32.0 Å². The number of ether oxygens (including phenoxy) is 1. The van der Waals surface area contributed by atoms with Crippen LogP contribution in [0.5, 0.6) is 5.75 Å². The molecule has 0 amide bonds. The fourth-order valence-electron chi connectivity index (χ4n) is 6.91. The number of carboxylic acids is 1. The lowest BCUT2D eigenvalue weighted by atomic mass is 9.55. The number of rotatable bonds is 9. The first-order valence-electron chi connectivity index (χ1n) is 12.8. The van der Waals surface area contributed by atoms with Gasteiger partial charge in [-0.15, -0.1) is 0 Å². The zero-order valence-electron chi connectivity index (χ0n) is 20.8. The number of fused-ring (bicyclic) bond motifs is 5. The van der Waals surface area contributed by atoms with Gasteiger partial charge >= 0.3 is 5.97 Å². The largest absolute Gasteiger partial charge is 0.481 e. The quantitative estimate of drug-likeness (QED) is 0.176. The molecule has 0 aliphatic heterocycles. The molecular formula is C26H39N3O6. The number of hydrogen-bond donors (Lipinski definition) is 6. The Morgan fingerprint density at radius 3 is 2.66 bits per heavy atom. The fourth-order valence-corrected chi connectivity index (χ4v) is 6.91. The van der Waals surface area contributed by atoms with Crippen molar-refractivity contribution in [1.82, 2.24) is 10.6 Å². The minimum atomic E-state index is -0.903. The lowest BCUT2D eigenvalue weighted by Gasteiger charge is -2.49. The third kappa shape index (κ3) is 4.79. The van der Waals surface area contributed by atoms with Crippen molar-refractivity contribution in [2.45, 2.75) is 83.3 Å². The highest BCUT2D eigenvalue weighted by Gasteiger charge is 2.58. The summed E-state index contributed by atoms with van der Waals surface area (Å²) >= 11 is 0. The number of oxime groups is 1. The van der Waals surface area contributed by atoms with Gasteiger partial charge in [0.15, 0.2) is 6.23 Å². The molecule has 1 aromatic carbocycles. The van der Waals surface area contributed by atoms with E-state index in [9.17, 15) is 25.3 Å². The van der Waals surface area contributed by atoms with Crippen molar-refractivity contribution in [3.63, 3.8) is 0 Å². The highest BCUT2D eigenvalue weighted by Crippen LogP contribution is 2.61. The number of carbonyl (C=O) groups is 1. The summed E-state index contributed by atoms with van der Waals surface area (Å²) in [6.45, 7) is 7.17. The summed E-state index contributed by atoms with van der Waals surface area (Å²) in [4.78, 5) is 11.4. The normalized spacial score (nSPS) is 34.5. The second-order valence-corrected chi connectivity index (χ2v) is 10.5. The van der Waals surface area contributed by atoms with E-state index in [4.69, 9.17) is 4.74 Å². The van der Waals surface area contributed by atoms with Crippen LogP contribution >= 0.6 is 0 Å². The predicted octanol–water partition coefficient (Wildman–Crippen LogP) is 2.28. The summed E-state index contributed by atoms with van der Waals surface area (Å²) in [5.41, 5.74) is 2.21. The van der Waals surface area contributed by atoms with E-state index in [0.717, 1.165) is 24.0 Å². The number of nitrogens with zero attached hydrogens (tertiary/aromatic N) is 1. The molecule has 4 rings (SSSR count). The van der Waals surface area contributed by atoms with Crippen LogP contribution in [0.25, 0.3) is 0 Å². The van der Waals surface area contributed by atoms with Crippen LogP contribution in [-0.2, 0) is 4.79 Å². The minimum absolute atomic E-state index is 0.0819. The standard InChI is InChI=1S/C26H39N3O6/c1-4-27-21(13-23(31)32)25(28-5-2)35-14-6-7-15-16-8-9-26(3)19(12-22(30)24(26)33)17(16)11-20(29-34)18(15)10-14/h6-7,10,16-17,19,21-22,24-25,27-28,30,33-34H,4-5,8-9,11-13H2,1-3H3,(H,31,32)/t16-,17-,19+,21?,22-,24+,25?,26+/m1/s1. The second-order valence-electron chi connectivity index (χ2n) is 10.5. The Morgan fingerprint density at radius 1 is 1.26 bits per heavy atom. The Bertz CT molecular complexity index is 955. The van der Waals surface area contributed by atoms with Crippen LogP contribution in [-0.4, -0.2) is 69.8 Å². The molecule has 0 bridgehead atoms. The molecule has 1 aromatic rings. The summed E-state index contributed by atoms with van der Waals surface area (Å²) in [6, 6.07) is 5.40. The van der Waals surface area contributed by atoms with Gasteiger partial charge in [-0.05, 0) is 79.6 Å². The molecule has 3 aliphatic carbocycles. The Morgan fingerprint density at radius 2 is 2.00 bits per heavy atom. The molecule has 2 fully saturated rings. The van der Waals surface area contributed by atoms with Gasteiger partial charge in [-0.25, -0.2) is 0 Å². The predicted molar refractivity (Wildman–Crippen MR) is 131 cm³/mol. The number of hydrogen-bond acceptors (Lipinski definition) is 8. The molecule has 2 saturated carbocycles. The van der Waals surface area contributed by atoms with Crippen LogP contribution in [0.3, 0.4) is 0 Å². The Hall–Kier alpha value is -2.20. The van der Waals surface area contributed by atoms with E-state index in [1.54, 1.807) is 0 Å². The molecule has 0 heterocycles. The number of aliphatic carboxylic acids is 1. The summed E-state index contributed by atoms with van der Waals surface area (Å²) in [7, 11) is 0. The summed E-state index contributed by atoms with van der Waals surface area (Å²) in [5, 5.41) is 50.4. The van der Waals surface area contributed by atoms with E-state index in [1.807, 2.05) is 32.0 Å². The first-order chi connectivity index (χ1) is 16.7. The Kier molecular flexibility index (Phi) is 7.71. The number of aliphatic hydroxyl groups is 2. The highest BCUT2D eigenvalue weighted by molar-refractivity contribution is 6.03. The lowest BCUT2D eigenvalue weighted by molar-refractivity contribution is -0.138. The molecule has 6 N–H and O–H groups in total. The van der Waals surface area contributed by atoms with Crippen molar-refractivity contribution >= 4 is 11.7 Å². The van der Waals surface area contributed by atoms with Crippen LogP contribution in [0.1, 0.15) is 69.9 Å². The minimum Gasteiger partial charge on any atom is -0.481 e. The molecule has 0 spiro atoms. The fraction of sp³-hybridized carbons (Fsp3) is 0.692. The van der Waals surface area contributed by atoms with Crippen molar-refractivity contribution in [1.29, 1.82) is 0 Å². The van der Waals surface area contributed by atoms with Crippen LogP contribution in [0.4, 0.5) is 0 Å². The highest BCUT2D eigenvalue weighted by atomic mass is 16.5. The van der Waals surface area contributed by atoms with E-state index in [0.29, 0.717) is 37.4 Å². The molecule has 2 unspecified atom stereocenters. The smallest absolute Gasteiger partial charge is 0.305 e. The Balaban J connectivity index is 1.61. The molecule has 9 heteroatoms. The second kappa shape index (κ2) is 10.4. The average molecular weight is 490 g/mol. The van der Waals surface area contributed by atoms with E-state index in [2.05, 4.69) is 22.7 Å². The van der Waals surface area contributed by atoms with Crippen molar-refractivity contribution < 1.29 is 30.1 Å².